The molecule has 5 rings (SSSR count). The van der Waals surface area contributed by atoms with E-state index in [0.717, 1.165) is 66.4 Å². The number of carbonyl (C=O) groups is 1. The number of hydrogen-bond donors (Lipinski definition) is 0. The minimum absolute atomic E-state index is 0.150. The normalized spacial score (nSPS) is 16.0. The zero-order chi connectivity index (χ0) is 23.3. The summed E-state index contributed by atoms with van der Waals surface area (Å²) in [5, 5.41) is 0. The minimum Gasteiger partial charge on any atom is -0.438 e. The molecule has 0 unspecified atom stereocenters. The summed E-state index contributed by atoms with van der Waals surface area (Å²) < 4.78 is 11.7. The number of ether oxygens (including phenoxy) is 1. The molecule has 1 aromatic heterocycles. The standard InChI is InChI=1S/C29H28N2O3/c1-21(32)33-25-15-8-10-22(20-25)17-19-31-18-9-16-26(31)29-30-27(23-11-4-2-5-12-23)28(34-29)24-13-6-3-7-14-24/h2-8,10-15,20,26H,9,16-19H2,1H3/t26-/m1/s1. The highest BCUT2D eigenvalue weighted by Crippen LogP contribution is 2.38. The van der Waals surface area contributed by atoms with Gasteiger partial charge in [0.05, 0.1) is 6.04 Å². The summed E-state index contributed by atoms with van der Waals surface area (Å²) in [6.07, 6.45) is 3.00. The van der Waals surface area contributed by atoms with Gasteiger partial charge in [-0.05, 0) is 43.5 Å². The van der Waals surface area contributed by atoms with Crippen LogP contribution in [-0.4, -0.2) is 28.9 Å². The molecule has 1 aliphatic rings. The van der Waals surface area contributed by atoms with Crippen LogP contribution in [0.1, 0.15) is 37.3 Å². The third-order valence-electron chi connectivity index (χ3n) is 6.22. The van der Waals surface area contributed by atoms with Gasteiger partial charge in [-0.15, -0.1) is 0 Å². The maximum atomic E-state index is 11.3. The molecule has 3 aromatic carbocycles. The van der Waals surface area contributed by atoms with Gasteiger partial charge in [-0.2, -0.15) is 0 Å². The second-order valence-electron chi connectivity index (χ2n) is 8.65. The summed E-state index contributed by atoms with van der Waals surface area (Å²) >= 11 is 0. The van der Waals surface area contributed by atoms with Crippen molar-refractivity contribution < 1.29 is 13.9 Å². The van der Waals surface area contributed by atoms with Crippen LogP contribution in [0.5, 0.6) is 5.75 Å². The van der Waals surface area contributed by atoms with Gasteiger partial charge in [-0.25, -0.2) is 4.98 Å². The van der Waals surface area contributed by atoms with E-state index in [0.29, 0.717) is 5.75 Å². The largest absolute Gasteiger partial charge is 0.438 e. The quantitative estimate of drug-likeness (QED) is 0.243. The molecule has 0 aliphatic carbocycles. The summed E-state index contributed by atoms with van der Waals surface area (Å²) in [7, 11) is 0. The summed E-state index contributed by atoms with van der Waals surface area (Å²) in [6.45, 7) is 3.32. The first-order valence-electron chi connectivity index (χ1n) is 11.8. The molecule has 34 heavy (non-hydrogen) atoms. The molecule has 5 heteroatoms. The fraction of sp³-hybridized carbons (Fsp3) is 0.241. The van der Waals surface area contributed by atoms with E-state index in [1.807, 2.05) is 54.6 Å². The van der Waals surface area contributed by atoms with Gasteiger partial charge in [0.1, 0.15) is 11.4 Å². The number of likely N-dealkylation sites (tertiary alicyclic amines) is 1. The topological polar surface area (TPSA) is 55.6 Å². The molecule has 1 saturated heterocycles. The molecular formula is C29H28N2O3. The van der Waals surface area contributed by atoms with Crippen LogP contribution in [0.2, 0.25) is 0 Å². The van der Waals surface area contributed by atoms with E-state index < -0.39 is 0 Å². The van der Waals surface area contributed by atoms with E-state index in [2.05, 4.69) is 35.2 Å². The number of hydrogen-bond acceptors (Lipinski definition) is 5. The summed E-state index contributed by atoms with van der Waals surface area (Å²) in [5.41, 5.74) is 4.13. The van der Waals surface area contributed by atoms with Crippen molar-refractivity contribution in [1.29, 1.82) is 0 Å². The Kier molecular flexibility index (Phi) is 6.54. The fourth-order valence-corrected chi connectivity index (χ4v) is 4.63. The van der Waals surface area contributed by atoms with Crippen LogP contribution in [0.4, 0.5) is 0 Å². The molecule has 5 nitrogen and oxygen atoms in total. The van der Waals surface area contributed by atoms with Crippen LogP contribution >= 0.6 is 0 Å². The Balaban J connectivity index is 1.39. The molecule has 0 radical (unpaired) electrons. The molecule has 2 heterocycles. The van der Waals surface area contributed by atoms with E-state index in [1.165, 1.54) is 6.92 Å². The second kappa shape index (κ2) is 10.1. The number of esters is 1. The first-order chi connectivity index (χ1) is 16.7. The lowest BCUT2D eigenvalue weighted by Gasteiger charge is -2.22. The van der Waals surface area contributed by atoms with Crippen LogP contribution in [-0.2, 0) is 11.2 Å². The Morgan fingerprint density at radius 1 is 1.00 bits per heavy atom. The minimum atomic E-state index is -0.302. The molecule has 4 aromatic rings. The fourth-order valence-electron chi connectivity index (χ4n) is 4.63. The van der Waals surface area contributed by atoms with E-state index in [9.17, 15) is 4.79 Å². The Morgan fingerprint density at radius 3 is 2.47 bits per heavy atom. The lowest BCUT2D eigenvalue weighted by Crippen LogP contribution is -2.26. The van der Waals surface area contributed by atoms with Crippen LogP contribution in [0.25, 0.3) is 22.6 Å². The summed E-state index contributed by atoms with van der Waals surface area (Å²) in [6, 6.07) is 28.4. The van der Waals surface area contributed by atoms with Gasteiger partial charge in [0, 0.05) is 24.6 Å². The van der Waals surface area contributed by atoms with Crippen molar-refractivity contribution in [3.63, 3.8) is 0 Å². The average molecular weight is 453 g/mol. The predicted molar refractivity (Wildman–Crippen MR) is 132 cm³/mol. The van der Waals surface area contributed by atoms with Gasteiger partial charge in [0.25, 0.3) is 0 Å². The molecule has 1 aliphatic heterocycles. The molecule has 0 amide bonds. The maximum Gasteiger partial charge on any atom is 0.308 e. The highest BCUT2D eigenvalue weighted by Gasteiger charge is 2.31. The molecule has 172 valence electrons. The van der Waals surface area contributed by atoms with E-state index in [1.54, 1.807) is 0 Å². The molecule has 0 N–H and O–H groups in total. The lowest BCUT2D eigenvalue weighted by atomic mass is 10.1. The third-order valence-corrected chi connectivity index (χ3v) is 6.22. The monoisotopic (exact) mass is 452 g/mol. The number of carbonyl (C=O) groups excluding carboxylic acids is 1. The summed E-state index contributed by atoms with van der Waals surface area (Å²) in [5.74, 6) is 1.89. The molecule has 1 fully saturated rings. The number of nitrogens with zero attached hydrogens (tertiary/aromatic N) is 2. The van der Waals surface area contributed by atoms with Crippen molar-refractivity contribution in [3.05, 3.63) is 96.4 Å². The van der Waals surface area contributed by atoms with Gasteiger partial charge < -0.3 is 9.15 Å². The second-order valence-corrected chi connectivity index (χ2v) is 8.65. The average Bonchev–Trinajstić information content (AvgIpc) is 3.51. The first kappa shape index (κ1) is 22.1. The van der Waals surface area contributed by atoms with Crippen molar-refractivity contribution in [2.75, 3.05) is 13.1 Å². The number of benzene rings is 3. The third kappa shape index (κ3) is 4.95. The van der Waals surface area contributed by atoms with E-state index in [4.69, 9.17) is 14.1 Å². The van der Waals surface area contributed by atoms with Crippen molar-refractivity contribution >= 4 is 5.97 Å². The van der Waals surface area contributed by atoms with Gasteiger partial charge >= 0.3 is 5.97 Å². The Hall–Kier alpha value is -3.70. The molecule has 0 bridgehead atoms. The van der Waals surface area contributed by atoms with Gasteiger partial charge in [-0.3, -0.25) is 9.69 Å². The van der Waals surface area contributed by atoms with Crippen molar-refractivity contribution in [3.8, 4) is 28.3 Å². The zero-order valence-electron chi connectivity index (χ0n) is 19.3. The van der Waals surface area contributed by atoms with Gasteiger partial charge in [0.15, 0.2) is 5.76 Å². The van der Waals surface area contributed by atoms with Crippen molar-refractivity contribution in [2.24, 2.45) is 0 Å². The lowest BCUT2D eigenvalue weighted by molar-refractivity contribution is -0.131. The Morgan fingerprint density at radius 2 is 1.74 bits per heavy atom. The smallest absolute Gasteiger partial charge is 0.308 e. The number of oxazole rings is 1. The highest BCUT2D eigenvalue weighted by molar-refractivity contribution is 5.76. The van der Waals surface area contributed by atoms with Gasteiger partial charge in [-0.1, -0.05) is 72.8 Å². The van der Waals surface area contributed by atoms with E-state index in [-0.39, 0.29) is 12.0 Å². The molecular weight excluding hydrogens is 424 g/mol. The SMILES string of the molecule is CC(=O)Oc1cccc(CCN2CCC[C@@H]2c2nc(-c3ccccc3)c(-c3ccccc3)o2)c1. The van der Waals surface area contributed by atoms with Crippen LogP contribution in [0.15, 0.2) is 89.3 Å². The number of rotatable bonds is 7. The Labute approximate surface area is 200 Å². The van der Waals surface area contributed by atoms with Gasteiger partial charge in [0.2, 0.25) is 5.89 Å². The first-order valence-corrected chi connectivity index (χ1v) is 11.8. The van der Waals surface area contributed by atoms with Crippen LogP contribution < -0.4 is 4.74 Å². The van der Waals surface area contributed by atoms with Crippen LogP contribution in [0, 0.1) is 0 Å². The highest BCUT2D eigenvalue weighted by atomic mass is 16.5. The zero-order valence-corrected chi connectivity index (χ0v) is 19.3. The summed E-state index contributed by atoms with van der Waals surface area (Å²) in [4.78, 5) is 18.8. The number of aromatic nitrogens is 1. The molecule has 1 atom stereocenters. The Bertz CT molecular complexity index is 1190. The predicted octanol–water partition coefficient (Wildman–Crippen LogP) is 6.31. The van der Waals surface area contributed by atoms with Crippen molar-refractivity contribution in [2.45, 2.75) is 32.2 Å². The van der Waals surface area contributed by atoms with Crippen LogP contribution in [0.3, 0.4) is 0 Å². The molecule has 0 spiro atoms. The van der Waals surface area contributed by atoms with E-state index >= 15 is 0 Å². The maximum absolute atomic E-state index is 11.3. The molecule has 0 saturated carbocycles. The van der Waals surface area contributed by atoms with Crippen molar-refractivity contribution in [1.82, 2.24) is 9.88 Å².